The maximum absolute atomic E-state index is 13.8. The fraction of sp³-hybridized carbons (Fsp3) is 0.333. The number of piperazine rings is 1. The van der Waals surface area contributed by atoms with Gasteiger partial charge in [-0.3, -0.25) is 14.5 Å². The van der Waals surface area contributed by atoms with Gasteiger partial charge in [0.25, 0.3) is 11.8 Å². The van der Waals surface area contributed by atoms with E-state index in [-0.39, 0.29) is 34.6 Å². The molecule has 0 unspecified atom stereocenters. The second kappa shape index (κ2) is 14.9. The Labute approximate surface area is 286 Å². The van der Waals surface area contributed by atoms with Gasteiger partial charge in [-0.2, -0.15) is 4.98 Å². The van der Waals surface area contributed by atoms with Gasteiger partial charge in [0.15, 0.2) is 0 Å². The molecule has 0 aliphatic carbocycles. The van der Waals surface area contributed by atoms with Crippen molar-refractivity contribution in [1.82, 2.24) is 19.8 Å². The smallest absolute Gasteiger partial charge is 0.262 e. The summed E-state index contributed by atoms with van der Waals surface area (Å²) in [6.07, 6.45) is 1.41. The largest absolute Gasteiger partial charge is 0.497 e. The number of nitrogens with one attached hydrogen (secondary N) is 2. The molecule has 2 heterocycles. The van der Waals surface area contributed by atoms with E-state index in [1.807, 2.05) is 50.2 Å². The van der Waals surface area contributed by atoms with E-state index in [2.05, 4.69) is 44.2 Å². The van der Waals surface area contributed by atoms with Gasteiger partial charge in [0.05, 0.1) is 29.1 Å². The highest BCUT2D eigenvalue weighted by molar-refractivity contribution is 6.34. The van der Waals surface area contributed by atoms with Crippen LogP contribution in [0.5, 0.6) is 17.4 Å². The average Bonchev–Trinajstić information content (AvgIpc) is 3.06. The van der Waals surface area contributed by atoms with Crippen LogP contribution in [0, 0.1) is 13.8 Å². The summed E-state index contributed by atoms with van der Waals surface area (Å²) in [7, 11) is 4.81. The first-order valence-corrected chi connectivity index (χ1v) is 16.2. The lowest BCUT2D eigenvalue weighted by Gasteiger charge is -2.39. The summed E-state index contributed by atoms with van der Waals surface area (Å²) in [6.45, 7) is 11.7. The summed E-state index contributed by atoms with van der Waals surface area (Å²) < 4.78 is 11.7. The number of aryl methyl sites for hydroxylation is 2. The molecule has 2 N–H and O–H groups in total. The Morgan fingerprint density at radius 1 is 0.958 bits per heavy atom. The lowest BCUT2D eigenvalue weighted by atomic mass is 10.1. The summed E-state index contributed by atoms with van der Waals surface area (Å²) in [6, 6.07) is 16.8. The van der Waals surface area contributed by atoms with Crippen LogP contribution in [0.15, 0.2) is 60.8 Å². The molecule has 12 heteroatoms. The molecule has 0 atom stereocenters. The quantitative estimate of drug-likeness (QED) is 0.189. The lowest BCUT2D eigenvalue weighted by Crippen LogP contribution is -2.49. The standard InChI is InChI=1S/C36H42ClN7O4/c1-22(2)43-16-18-44(19-17-43)32-28(37)12-9-13-29(32)39-36-38-21-27(33(45)40-31-23(3)10-8-11-24(31)4)34(41-36)48-30-15-14-25(47-7)20-26(30)35(46)42(5)6/h8-15,20-22H,16-19H2,1-7H3,(H,40,45)(H,38,39,41). The highest BCUT2D eigenvalue weighted by atomic mass is 35.5. The van der Waals surface area contributed by atoms with Gasteiger partial charge >= 0.3 is 0 Å². The second-order valence-electron chi connectivity index (χ2n) is 12.2. The monoisotopic (exact) mass is 671 g/mol. The van der Waals surface area contributed by atoms with Gasteiger partial charge in [0, 0.05) is 58.2 Å². The third kappa shape index (κ3) is 7.64. The van der Waals surface area contributed by atoms with Crippen LogP contribution in [-0.4, -0.2) is 85.0 Å². The van der Waals surface area contributed by atoms with Gasteiger partial charge in [-0.05, 0) is 69.2 Å². The summed E-state index contributed by atoms with van der Waals surface area (Å²) in [4.78, 5) is 42.3. The van der Waals surface area contributed by atoms with E-state index in [0.717, 1.165) is 43.0 Å². The molecular weight excluding hydrogens is 630 g/mol. The molecule has 1 aliphatic heterocycles. The van der Waals surface area contributed by atoms with Crippen molar-refractivity contribution in [2.75, 3.05) is 62.9 Å². The number of rotatable bonds is 10. The number of hydrogen-bond donors (Lipinski definition) is 2. The molecule has 5 rings (SSSR count). The highest BCUT2D eigenvalue weighted by Gasteiger charge is 2.25. The zero-order chi connectivity index (χ0) is 34.5. The minimum atomic E-state index is -0.464. The molecule has 3 aromatic carbocycles. The van der Waals surface area contributed by atoms with Crippen molar-refractivity contribution >= 4 is 46.4 Å². The summed E-state index contributed by atoms with van der Waals surface area (Å²) in [5.74, 6) is 0.0590. The van der Waals surface area contributed by atoms with Crippen LogP contribution in [0.4, 0.5) is 23.0 Å². The topological polar surface area (TPSA) is 112 Å². The molecule has 0 bridgehead atoms. The van der Waals surface area contributed by atoms with Crippen LogP contribution in [-0.2, 0) is 0 Å². The number of carbonyl (C=O) groups is 2. The van der Waals surface area contributed by atoms with Gasteiger partial charge in [-0.1, -0.05) is 35.9 Å². The third-order valence-corrected chi connectivity index (χ3v) is 8.65. The van der Waals surface area contributed by atoms with Crippen LogP contribution < -0.4 is 25.0 Å². The van der Waals surface area contributed by atoms with E-state index in [1.54, 1.807) is 32.3 Å². The molecule has 1 aromatic heterocycles. The number of benzene rings is 3. The Kier molecular flexibility index (Phi) is 10.7. The zero-order valence-electron chi connectivity index (χ0n) is 28.4. The molecule has 0 radical (unpaired) electrons. The van der Waals surface area contributed by atoms with E-state index >= 15 is 0 Å². The van der Waals surface area contributed by atoms with Crippen molar-refractivity contribution in [1.29, 1.82) is 0 Å². The number of ether oxygens (including phenoxy) is 2. The first-order chi connectivity index (χ1) is 23.0. The van der Waals surface area contributed by atoms with Gasteiger partial charge in [-0.15, -0.1) is 0 Å². The SMILES string of the molecule is COc1ccc(Oc2nc(Nc3cccc(Cl)c3N3CCN(C(C)C)CC3)ncc2C(=O)Nc2c(C)cccc2C)c(C(=O)N(C)C)c1. The van der Waals surface area contributed by atoms with E-state index in [4.69, 9.17) is 21.1 Å². The Hall–Kier alpha value is -4.87. The number of halogens is 1. The number of para-hydroxylation sites is 2. The van der Waals surface area contributed by atoms with Crippen LogP contribution in [0.3, 0.4) is 0 Å². The van der Waals surface area contributed by atoms with Crippen molar-refractivity contribution in [2.45, 2.75) is 33.7 Å². The predicted molar refractivity (Wildman–Crippen MR) is 191 cm³/mol. The summed E-state index contributed by atoms with van der Waals surface area (Å²) in [5, 5.41) is 6.90. The number of amides is 2. The summed E-state index contributed by atoms with van der Waals surface area (Å²) >= 11 is 6.77. The van der Waals surface area contributed by atoms with E-state index in [1.165, 1.54) is 18.2 Å². The molecular formula is C36H42ClN7O4. The first-order valence-electron chi connectivity index (χ1n) is 15.8. The van der Waals surface area contributed by atoms with Crippen LogP contribution in [0.25, 0.3) is 0 Å². The van der Waals surface area contributed by atoms with Crippen molar-refractivity contribution in [3.05, 3.63) is 88.1 Å². The van der Waals surface area contributed by atoms with Crippen LogP contribution in [0.2, 0.25) is 5.02 Å². The molecule has 1 fully saturated rings. The van der Waals surface area contributed by atoms with Crippen molar-refractivity contribution < 1.29 is 19.1 Å². The predicted octanol–water partition coefficient (Wildman–Crippen LogP) is 6.78. The third-order valence-electron chi connectivity index (χ3n) is 8.34. The molecule has 1 aliphatic rings. The van der Waals surface area contributed by atoms with Gasteiger partial charge in [0.1, 0.15) is 17.1 Å². The van der Waals surface area contributed by atoms with Gasteiger partial charge in [-0.25, -0.2) is 4.98 Å². The fourth-order valence-corrected chi connectivity index (χ4v) is 5.90. The first kappa shape index (κ1) is 34.5. The number of carbonyl (C=O) groups excluding carboxylic acids is 2. The van der Waals surface area contributed by atoms with E-state index < -0.39 is 5.91 Å². The number of methoxy groups -OCH3 is 1. The molecule has 0 spiro atoms. The minimum absolute atomic E-state index is 0.0386. The summed E-state index contributed by atoms with van der Waals surface area (Å²) in [5.41, 5.74) is 4.38. The number of nitrogens with zero attached hydrogens (tertiary/aromatic N) is 5. The number of hydrogen-bond acceptors (Lipinski definition) is 9. The lowest BCUT2D eigenvalue weighted by molar-refractivity contribution is 0.0824. The maximum atomic E-state index is 13.8. The van der Waals surface area contributed by atoms with Crippen molar-refractivity contribution in [3.8, 4) is 17.4 Å². The van der Waals surface area contributed by atoms with Crippen LogP contribution >= 0.6 is 11.6 Å². The molecule has 4 aromatic rings. The Morgan fingerprint density at radius 3 is 2.29 bits per heavy atom. The number of aromatic nitrogens is 2. The molecule has 11 nitrogen and oxygen atoms in total. The molecule has 1 saturated heterocycles. The molecule has 0 saturated carbocycles. The van der Waals surface area contributed by atoms with E-state index in [9.17, 15) is 9.59 Å². The van der Waals surface area contributed by atoms with Gasteiger partial charge < -0.3 is 29.9 Å². The van der Waals surface area contributed by atoms with Crippen molar-refractivity contribution in [2.24, 2.45) is 0 Å². The number of anilines is 4. The molecule has 48 heavy (non-hydrogen) atoms. The minimum Gasteiger partial charge on any atom is -0.497 e. The highest BCUT2D eigenvalue weighted by Crippen LogP contribution is 2.37. The fourth-order valence-electron chi connectivity index (χ4n) is 5.61. The molecule has 2 amide bonds. The second-order valence-corrected chi connectivity index (χ2v) is 12.6. The zero-order valence-corrected chi connectivity index (χ0v) is 29.2. The molecule has 252 valence electrons. The van der Waals surface area contributed by atoms with Crippen LogP contribution in [0.1, 0.15) is 45.7 Å². The van der Waals surface area contributed by atoms with E-state index in [0.29, 0.717) is 28.2 Å². The normalized spacial score (nSPS) is 13.3. The average molecular weight is 672 g/mol. The Morgan fingerprint density at radius 2 is 1.65 bits per heavy atom. The Bertz CT molecular complexity index is 1790. The van der Waals surface area contributed by atoms with Crippen molar-refractivity contribution in [3.63, 3.8) is 0 Å². The van der Waals surface area contributed by atoms with Gasteiger partial charge in [0.2, 0.25) is 11.8 Å². The Balaban J connectivity index is 1.54. The maximum Gasteiger partial charge on any atom is 0.262 e.